The SMILES string of the molecule is CCN(c1ccccc1)c1cc(C(=N)N)cc(C)n1. The molecule has 0 saturated heterocycles. The number of rotatable bonds is 4. The number of anilines is 2. The average molecular weight is 254 g/mol. The van der Waals surface area contributed by atoms with Crippen molar-refractivity contribution in [3.8, 4) is 0 Å². The summed E-state index contributed by atoms with van der Waals surface area (Å²) in [7, 11) is 0. The fraction of sp³-hybridized carbons (Fsp3) is 0.200. The summed E-state index contributed by atoms with van der Waals surface area (Å²) in [5, 5.41) is 7.56. The Hall–Kier alpha value is -2.36. The predicted molar refractivity (Wildman–Crippen MR) is 79.1 cm³/mol. The third-order valence-corrected chi connectivity index (χ3v) is 2.91. The van der Waals surface area contributed by atoms with Crippen molar-refractivity contribution in [1.29, 1.82) is 5.41 Å². The Kier molecular flexibility index (Phi) is 3.80. The van der Waals surface area contributed by atoms with Crippen molar-refractivity contribution in [1.82, 2.24) is 4.98 Å². The number of nitrogens with two attached hydrogens (primary N) is 1. The summed E-state index contributed by atoms with van der Waals surface area (Å²) in [5.74, 6) is 0.884. The summed E-state index contributed by atoms with van der Waals surface area (Å²) in [6, 6.07) is 13.7. The van der Waals surface area contributed by atoms with E-state index in [0.29, 0.717) is 5.56 Å². The molecule has 4 heteroatoms. The maximum atomic E-state index is 7.56. The molecule has 1 heterocycles. The van der Waals surface area contributed by atoms with Gasteiger partial charge in [0.2, 0.25) is 0 Å². The second-order valence-electron chi connectivity index (χ2n) is 4.35. The average Bonchev–Trinajstić information content (AvgIpc) is 2.40. The first kappa shape index (κ1) is 13.1. The Morgan fingerprint density at radius 1 is 1.26 bits per heavy atom. The summed E-state index contributed by atoms with van der Waals surface area (Å²) in [5.41, 5.74) is 8.21. The van der Waals surface area contributed by atoms with Crippen LogP contribution in [0.5, 0.6) is 0 Å². The molecule has 0 bridgehead atoms. The maximum absolute atomic E-state index is 7.56. The summed E-state index contributed by atoms with van der Waals surface area (Å²) in [4.78, 5) is 6.63. The van der Waals surface area contributed by atoms with Crippen LogP contribution in [-0.4, -0.2) is 17.4 Å². The van der Waals surface area contributed by atoms with Gasteiger partial charge in [0.25, 0.3) is 0 Å². The quantitative estimate of drug-likeness (QED) is 0.651. The normalized spacial score (nSPS) is 10.2. The van der Waals surface area contributed by atoms with Crippen molar-refractivity contribution in [3.63, 3.8) is 0 Å². The molecule has 19 heavy (non-hydrogen) atoms. The predicted octanol–water partition coefficient (Wildman–Crippen LogP) is 2.83. The molecule has 0 unspecified atom stereocenters. The number of hydrogen-bond donors (Lipinski definition) is 2. The van der Waals surface area contributed by atoms with Crippen LogP contribution in [0.1, 0.15) is 18.2 Å². The van der Waals surface area contributed by atoms with E-state index >= 15 is 0 Å². The number of benzene rings is 1. The van der Waals surface area contributed by atoms with Crippen LogP contribution in [0.4, 0.5) is 11.5 Å². The number of pyridine rings is 1. The third-order valence-electron chi connectivity index (χ3n) is 2.91. The van der Waals surface area contributed by atoms with E-state index < -0.39 is 0 Å². The van der Waals surface area contributed by atoms with Crippen molar-refractivity contribution >= 4 is 17.3 Å². The molecule has 0 aliphatic heterocycles. The van der Waals surface area contributed by atoms with Crippen molar-refractivity contribution in [3.05, 3.63) is 53.7 Å². The molecule has 3 N–H and O–H groups in total. The number of aromatic nitrogens is 1. The first-order valence-corrected chi connectivity index (χ1v) is 6.27. The van der Waals surface area contributed by atoms with E-state index in [0.717, 1.165) is 23.7 Å². The van der Waals surface area contributed by atoms with Gasteiger partial charge >= 0.3 is 0 Å². The van der Waals surface area contributed by atoms with E-state index in [2.05, 4.69) is 16.8 Å². The summed E-state index contributed by atoms with van der Waals surface area (Å²) in [6.45, 7) is 4.79. The Morgan fingerprint density at radius 2 is 1.95 bits per heavy atom. The summed E-state index contributed by atoms with van der Waals surface area (Å²) in [6.07, 6.45) is 0. The van der Waals surface area contributed by atoms with E-state index in [1.807, 2.05) is 49.4 Å². The minimum absolute atomic E-state index is 0.0656. The highest BCUT2D eigenvalue weighted by Crippen LogP contribution is 2.24. The zero-order chi connectivity index (χ0) is 13.8. The lowest BCUT2D eigenvalue weighted by atomic mass is 10.2. The molecule has 2 rings (SSSR count). The number of hydrogen-bond acceptors (Lipinski definition) is 3. The van der Waals surface area contributed by atoms with Crippen molar-refractivity contribution < 1.29 is 0 Å². The molecule has 0 aliphatic carbocycles. The Balaban J connectivity index is 2.47. The highest BCUT2D eigenvalue weighted by Gasteiger charge is 2.10. The van der Waals surface area contributed by atoms with E-state index in [4.69, 9.17) is 11.1 Å². The molecule has 98 valence electrons. The standard InChI is InChI=1S/C15H18N4/c1-3-19(13-7-5-4-6-8-13)14-10-12(15(16)17)9-11(2)18-14/h4-10H,3H2,1-2H3,(H3,16,17). The van der Waals surface area contributed by atoms with Crippen LogP contribution < -0.4 is 10.6 Å². The van der Waals surface area contributed by atoms with Gasteiger partial charge in [0.15, 0.2) is 0 Å². The zero-order valence-corrected chi connectivity index (χ0v) is 11.2. The van der Waals surface area contributed by atoms with Gasteiger partial charge in [0.05, 0.1) is 0 Å². The van der Waals surface area contributed by atoms with Gasteiger partial charge in [-0.1, -0.05) is 18.2 Å². The lowest BCUT2D eigenvalue weighted by Gasteiger charge is -2.23. The largest absolute Gasteiger partial charge is 0.384 e. The van der Waals surface area contributed by atoms with Crippen LogP contribution in [0.3, 0.4) is 0 Å². The zero-order valence-electron chi connectivity index (χ0n) is 11.2. The second kappa shape index (κ2) is 5.52. The van der Waals surface area contributed by atoms with Crippen LogP contribution in [-0.2, 0) is 0 Å². The van der Waals surface area contributed by atoms with Crippen LogP contribution in [0.15, 0.2) is 42.5 Å². The number of amidine groups is 1. The molecule has 0 radical (unpaired) electrons. The molecule has 0 saturated carbocycles. The first-order chi connectivity index (χ1) is 9.11. The minimum atomic E-state index is 0.0656. The van der Waals surface area contributed by atoms with Gasteiger partial charge in [-0.15, -0.1) is 0 Å². The Labute approximate surface area is 113 Å². The number of para-hydroxylation sites is 1. The fourth-order valence-electron chi connectivity index (χ4n) is 2.03. The lowest BCUT2D eigenvalue weighted by molar-refractivity contribution is 0.978. The van der Waals surface area contributed by atoms with Gasteiger partial charge in [0.1, 0.15) is 11.7 Å². The van der Waals surface area contributed by atoms with Gasteiger partial charge < -0.3 is 10.6 Å². The maximum Gasteiger partial charge on any atom is 0.133 e. The molecule has 0 atom stereocenters. The third kappa shape index (κ3) is 2.91. The Morgan fingerprint density at radius 3 is 2.53 bits per heavy atom. The van der Waals surface area contributed by atoms with Crippen LogP contribution in [0, 0.1) is 12.3 Å². The molecule has 2 aromatic rings. The first-order valence-electron chi connectivity index (χ1n) is 6.27. The monoisotopic (exact) mass is 254 g/mol. The van der Waals surface area contributed by atoms with Crippen LogP contribution in [0.25, 0.3) is 0 Å². The van der Waals surface area contributed by atoms with E-state index in [1.165, 1.54) is 0 Å². The number of nitrogens with zero attached hydrogens (tertiary/aromatic N) is 2. The van der Waals surface area contributed by atoms with Crippen LogP contribution in [0.2, 0.25) is 0 Å². The minimum Gasteiger partial charge on any atom is -0.384 e. The molecule has 0 aliphatic rings. The van der Waals surface area contributed by atoms with Crippen molar-refractivity contribution in [2.45, 2.75) is 13.8 Å². The van der Waals surface area contributed by atoms with Gasteiger partial charge in [-0.3, -0.25) is 5.41 Å². The Bertz CT molecular complexity index is 578. The number of aryl methyl sites for hydroxylation is 1. The molecular formula is C15H18N4. The van der Waals surface area contributed by atoms with Crippen molar-refractivity contribution in [2.24, 2.45) is 5.73 Å². The van der Waals surface area contributed by atoms with Gasteiger partial charge in [-0.05, 0) is 38.1 Å². The van der Waals surface area contributed by atoms with Crippen molar-refractivity contribution in [2.75, 3.05) is 11.4 Å². The molecule has 0 fully saturated rings. The van der Waals surface area contributed by atoms with E-state index in [1.54, 1.807) is 0 Å². The molecular weight excluding hydrogens is 236 g/mol. The molecule has 4 nitrogen and oxygen atoms in total. The number of nitrogens with one attached hydrogen (secondary N) is 1. The molecule has 0 amide bonds. The highest BCUT2D eigenvalue weighted by atomic mass is 15.2. The van der Waals surface area contributed by atoms with Gasteiger partial charge in [0, 0.05) is 23.5 Å². The van der Waals surface area contributed by atoms with E-state index in [-0.39, 0.29) is 5.84 Å². The highest BCUT2D eigenvalue weighted by molar-refractivity contribution is 5.95. The lowest BCUT2D eigenvalue weighted by Crippen LogP contribution is -2.19. The fourth-order valence-corrected chi connectivity index (χ4v) is 2.03. The molecule has 1 aromatic heterocycles. The number of nitrogen functional groups attached to an aromatic ring is 1. The van der Waals surface area contributed by atoms with E-state index in [9.17, 15) is 0 Å². The second-order valence-corrected chi connectivity index (χ2v) is 4.35. The summed E-state index contributed by atoms with van der Waals surface area (Å²) >= 11 is 0. The summed E-state index contributed by atoms with van der Waals surface area (Å²) < 4.78 is 0. The topological polar surface area (TPSA) is 66.0 Å². The van der Waals surface area contributed by atoms with Gasteiger partial charge in [-0.25, -0.2) is 4.98 Å². The smallest absolute Gasteiger partial charge is 0.133 e. The van der Waals surface area contributed by atoms with Crippen LogP contribution >= 0.6 is 0 Å². The van der Waals surface area contributed by atoms with Gasteiger partial charge in [-0.2, -0.15) is 0 Å². The molecule has 1 aromatic carbocycles. The molecule has 0 spiro atoms.